The highest BCUT2D eigenvalue weighted by Gasteiger charge is 2.31. The number of nitrogens with zero attached hydrogens (tertiary/aromatic N) is 4. The van der Waals surface area contributed by atoms with Crippen molar-refractivity contribution in [1.82, 2.24) is 24.9 Å². The molecule has 154 valence electrons. The summed E-state index contributed by atoms with van der Waals surface area (Å²) < 4.78 is 7.35. The number of urea groups is 1. The van der Waals surface area contributed by atoms with Gasteiger partial charge in [-0.1, -0.05) is 24.3 Å². The van der Waals surface area contributed by atoms with E-state index in [-0.39, 0.29) is 18.0 Å². The zero-order chi connectivity index (χ0) is 20.1. The van der Waals surface area contributed by atoms with Crippen molar-refractivity contribution >= 4 is 11.9 Å². The van der Waals surface area contributed by atoms with E-state index in [2.05, 4.69) is 16.5 Å². The van der Waals surface area contributed by atoms with Crippen molar-refractivity contribution in [1.29, 1.82) is 0 Å². The molecule has 2 aromatic rings. The summed E-state index contributed by atoms with van der Waals surface area (Å²) in [5, 5.41) is 7.27. The molecule has 4 rings (SSSR count). The van der Waals surface area contributed by atoms with Crippen LogP contribution in [0.25, 0.3) is 0 Å². The summed E-state index contributed by atoms with van der Waals surface area (Å²) in [6.45, 7) is 4.00. The van der Waals surface area contributed by atoms with Gasteiger partial charge in [0.25, 0.3) is 5.91 Å². The third-order valence-corrected chi connectivity index (χ3v) is 5.52. The van der Waals surface area contributed by atoms with Gasteiger partial charge >= 0.3 is 6.03 Å². The van der Waals surface area contributed by atoms with Crippen LogP contribution in [-0.2, 0) is 22.6 Å². The minimum Gasteiger partial charge on any atom is -0.368 e. The molecule has 1 unspecified atom stereocenters. The van der Waals surface area contributed by atoms with E-state index in [0.717, 1.165) is 24.0 Å². The van der Waals surface area contributed by atoms with E-state index in [1.807, 2.05) is 40.0 Å². The molecule has 8 heteroatoms. The maximum absolute atomic E-state index is 12.6. The Balaban J connectivity index is 1.27. The number of benzene rings is 1. The largest absolute Gasteiger partial charge is 0.368 e. The summed E-state index contributed by atoms with van der Waals surface area (Å²) >= 11 is 0. The monoisotopic (exact) mass is 397 g/mol. The zero-order valence-corrected chi connectivity index (χ0v) is 16.5. The Morgan fingerprint density at radius 2 is 1.83 bits per heavy atom. The Labute approximate surface area is 170 Å². The number of hydrogen-bond donors (Lipinski definition) is 1. The number of carbonyl (C=O) groups is 2. The molecule has 2 aliphatic heterocycles. The molecule has 0 radical (unpaired) electrons. The third kappa shape index (κ3) is 4.76. The Morgan fingerprint density at radius 1 is 1.07 bits per heavy atom. The summed E-state index contributed by atoms with van der Waals surface area (Å²) in [5.74, 6) is 0.0649. The first-order chi connectivity index (χ1) is 14.2. The van der Waals surface area contributed by atoms with E-state index in [9.17, 15) is 9.59 Å². The number of nitrogens with one attached hydrogen (secondary N) is 1. The second kappa shape index (κ2) is 9.09. The molecule has 3 heterocycles. The van der Waals surface area contributed by atoms with Crippen molar-refractivity contribution in [3.63, 3.8) is 0 Å². The highest BCUT2D eigenvalue weighted by molar-refractivity contribution is 5.81. The van der Waals surface area contributed by atoms with Crippen molar-refractivity contribution < 1.29 is 14.3 Å². The molecule has 0 bridgehead atoms. The lowest BCUT2D eigenvalue weighted by Gasteiger charge is -2.35. The molecule has 1 aromatic heterocycles. The lowest BCUT2D eigenvalue weighted by molar-refractivity contribution is -0.142. The first-order valence-electron chi connectivity index (χ1n) is 10.2. The molecule has 0 saturated carbocycles. The van der Waals surface area contributed by atoms with Crippen molar-refractivity contribution in [3.8, 4) is 0 Å². The van der Waals surface area contributed by atoms with Gasteiger partial charge in [0.1, 0.15) is 6.10 Å². The second-order valence-corrected chi connectivity index (χ2v) is 7.45. The Morgan fingerprint density at radius 3 is 2.52 bits per heavy atom. The number of carbonyl (C=O) groups excluding carboxylic acids is 2. The standard InChI is InChI=1S/C21H27N5O3/c27-20(19-7-3-14-29-19)24-10-12-25(13-11-24)21(28)22-15-17-5-1-2-6-18(17)16-26-9-4-8-23-26/h1-2,4-6,8-9,19H,3,7,10-16H2,(H,22,28). The SMILES string of the molecule is O=C(NCc1ccccc1Cn1cccn1)N1CCN(C(=O)C2CCCO2)CC1. The third-order valence-electron chi connectivity index (χ3n) is 5.52. The molecular weight excluding hydrogens is 370 g/mol. The first-order valence-corrected chi connectivity index (χ1v) is 10.2. The second-order valence-electron chi connectivity index (χ2n) is 7.45. The molecule has 1 atom stereocenters. The maximum Gasteiger partial charge on any atom is 0.317 e. The minimum absolute atomic E-state index is 0.0649. The summed E-state index contributed by atoms with van der Waals surface area (Å²) in [7, 11) is 0. The highest BCUT2D eigenvalue weighted by atomic mass is 16.5. The van der Waals surface area contributed by atoms with Crippen LogP contribution in [0.2, 0.25) is 0 Å². The number of ether oxygens (including phenoxy) is 1. The Hall–Kier alpha value is -2.87. The molecule has 2 saturated heterocycles. The van der Waals surface area contributed by atoms with Gasteiger partial charge < -0.3 is 19.9 Å². The molecule has 3 amide bonds. The van der Waals surface area contributed by atoms with E-state index >= 15 is 0 Å². The molecular formula is C21H27N5O3. The topological polar surface area (TPSA) is 79.7 Å². The van der Waals surface area contributed by atoms with Gasteiger partial charge in [-0.15, -0.1) is 0 Å². The van der Waals surface area contributed by atoms with Crippen LogP contribution in [0.4, 0.5) is 4.79 Å². The summed E-state index contributed by atoms with van der Waals surface area (Å²) in [4.78, 5) is 28.6. The maximum atomic E-state index is 12.6. The Bertz CT molecular complexity index is 825. The minimum atomic E-state index is -0.290. The number of amides is 3. The van der Waals surface area contributed by atoms with Crippen LogP contribution in [0.15, 0.2) is 42.7 Å². The quantitative estimate of drug-likeness (QED) is 0.829. The average Bonchev–Trinajstić information content (AvgIpc) is 3.47. The molecule has 1 aromatic carbocycles. The lowest BCUT2D eigenvalue weighted by Crippen LogP contribution is -2.54. The van der Waals surface area contributed by atoms with Gasteiger partial charge in [0.15, 0.2) is 0 Å². The number of rotatable bonds is 5. The van der Waals surface area contributed by atoms with Crippen LogP contribution in [0.1, 0.15) is 24.0 Å². The smallest absolute Gasteiger partial charge is 0.317 e. The van der Waals surface area contributed by atoms with Gasteiger partial charge in [0, 0.05) is 51.7 Å². The van der Waals surface area contributed by atoms with E-state index in [1.165, 1.54) is 0 Å². The van der Waals surface area contributed by atoms with E-state index in [1.54, 1.807) is 11.1 Å². The van der Waals surface area contributed by atoms with Crippen LogP contribution in [0, 0.1) is 0 Å². The van der Waals surface area contributed by atoms with Gasteiger partial charge in [0.2, 0.25) is 0 Å². The predicted octanol–water partition coefficient (Wildman–Crippen LogP) is 1.46. The molecule has 1 N–H and O–H groups in total. The molecule has 2 aliphatic rings. The van der Waals surface area contributed by atoms with Crippen molar-refractivity contribution in [2.24, 2.45) is 0 Å². The fourth-order valence-electron chi connectivity index (χ4n) is 3.84. The van der Waals surface area contributed by atoms with Gasteiger partial charge in [-0.05, 0) is 30.0 Å². The predicted molar refractivity (Wildman–Crippen MR) is 107 cm³/mol. The average molecular weight is 397 g/mol. The molecule has 0 spiro atoms. The summed E-state index contributed by atoms with van der Waals surface area (Å²) in [5.41, 5.74) is 2.20. The van der Waals surface area contributed by atoms with Gasteiger partial charge in [-0.2, -0.15) is 5.10 Å². The van der Waals surface area contributed by atoms with Crippen LogP contribution in [0.5, 0.6) is 0 Å². The van der Waals surface area contributed by atoms with Crippen molar-refractivity contribution in [3.05, 3.63) is 53.9 Å². The summed E-state index contributed by atoms with van der Waals surface area (Å²) in [6.07, 6.45) is 5.14. The van der Waals surface area contributed by atoms with Crippen molar-refractivity contribution in [2.75, 3.05) is 32.8 Å². The van der Waals surface area contributed by atoms with E-state index in [4.69, 9.17) is 4.74 Å². The Kier molecular flexibility index (Phi) is 6.09. The fourth-order valence-corrected chi connectivity index (χ4v) is 3.84. The first kappa shape index (κ1) is 19.4. The molecule has 0 aliphatic carbocycles. The number of hydrogen-bond acceptors (Lipinski definition) is 4. The van der Waals surface area contributed by atoms with Crippen LogP contribution < -0.4 is 5.32 Å². The normalized spacial score (nSPS) is 19.4. The van der Waals surface area contributed by atoms with E-state index in [0.29, 0.717) is 45.9 Å². The van der Waals surface area contributed by atoms with Crippen molar-refractivity contribution in [2.45, 2.75) is 32.0 Å². The molecule has 29 heavy (non-hydrogen) atoms. The molecule has 8 nitrogen and oxygen atoms in total. The van der Waals surface area contributed by atoms with E-state index < -0.39 is 0 Å². The highest BCUT2D eigenvalue weighted by Crippen LogP contribution is 2.16. The number of piperazine rings is 1. The van der Waals surface area contributed by atoms with Gasteiger partial charge in [-0.3, -0.25) is 9.48 Å². The number of aromatic nitrogens is 2. The van der Waals surface area contributed by atoms with Crippen LogP contribution >= 0.6 is 0 Å². The lowest BCUT2D eigenvalue weighted by atomic mass is 10.1. The summed E-state index contributed by atoms with van der Waals surface area (Å²) in [6, 6.07) is 9.85. The van der Waals surface area contributed by atoms with Crippen LogP contribution in [0.3, 0.4) is 0 Å². The fraction of sp³-hybridized carbons (Fsp3) is 0.476. The van der Waals surface area contributed by atoms with Gasteiger partial charge in [0.05, 0.1) is 6.54 Å². The van der Waals surface area contributed by atoms with Gasteiger partial charge in [-0.25, -0.2) is 4.79 Å². The van der Waals surface area contributed by atoms with Crippen LogP contribution in [-0.4, -0.2) is 70.4 Å². The zero-order valence-electron chi connectivity index (χ0n) is 16.5. The molecule has 2 fully saturated rings.